The summed E-state index contributed by atoms with van der Waals surface area (Å²) in [6.07, 6.45) is -0.731. The van der Waals surface area contributed by atoms with Gasteiger partial charge in [-0.3, -0.25) is 9.59 Å². The van der Waals surface area contributed by atoms with Gasteiger partial charge in [-0.1, -0.05) is 18.2 Å². The number of fused-ring (bicyclic) bond motifs is 1. The molecular formula is C27H28FNO6. The van der Waals surface area contributed by atoms with Crippen LogP contribution in [0.2, 0.25) is 0 Å². The number of hydrogen-bond donors (Lipinski definition) is 1. The van der Waals surface area contributed by atoms with Crippen LogP contribution in [0, 0.1) is 5.92 Å². The summed E-state index contributed by atoms with van der Waals surface area (Å²) < 4.78 is 31.1. The van der Waals surface area contributed by atoms with Crippen molar-refractivity contribution >= 4 is 11.7 Å². The first-order valence-electron chi connectivity index (χ1n) is 11.9. The number of carbonyl (C=O) groups excluding carboxylic acids is 2. The van der Waals surface area contributed by atoms with Gasteiger partial charge in [-0.2, -0.15) is 0 Å². The maximum absolute atomic E-state index is 14.2. The van der Waals surface area contributed by atoms with Crippen LogP contribution in [0.25, 0.3) is 0 Å². The molecule has 3 aliphatic rings. The van der Waals surface area contributed by atoms with E-state index in [-0.39, 0.29) is 47.5 Å². The van der Waals surface area contributed by atoms with Crippen LogP contribution in [0.15, 0.2) is 53.8 Å². The van der Waals surface area contributed by atoms with Gasteiger partial charge in [0.1, 0.15) is 18.0 Å². The van der Waals surface area contributed by atoms with E-state index in [0.717, 1.165) is 5.56 Å². The number of Topliss-reactive ketones (excluding diaryl/α,β-unsaturated/α-hetero) is 1. The lowest BCUT2D eigenvalue weighted by Crippen LogP contribution is -2.42. The summed E-state index contributed by atoms with van der Waals surface area (Å²) in [5, 5.41) is 10.2. The molecule has 2 aromatic carbocycles. The highest BCUT2D eigenvalue weighted by atomic mass is 19.1. The lowest BCUT2D eigenvalue weighted by molar-refractivity contribution is -0.136. The zero-order valence-electron chi connectivity index (χ0n) is 19.7. The average molecular weight is 482 g/mol. The van der Waals surface area contributed by atoms with E-state index in [1.54, 1.807) is 31.1 Å². The van der Waals surface area contributed by atoms with E-state index in [9.17, 15) is 19.1 Å². The van der Waals surface area contributed by atoms with E-state index in [1.807, 2.05) is 24.3 Å². The number of amides is 1. The number of ether oxygens (including phenoxy) is 3. The Balaban J connectivity index is 1.57. The van der Waals surface area contributed by atoms with Crippen LogP contribution in [0.5, 0.6) is 17.2 Å². The van der Waals surface area contributed by atoms with Gasteiger partial charge >= 0.3 is 0 Å². The molecule has 35 heavy (non-hydrogen) atoms. The average Bonchev–Trinajstić information content (AvgIpc) is 3.13. The number of phenolic OH excluding ortho intramolecular Hbond substituents is 1. The molecule has 4 atom stereocenters. The molecule has 0 spiro atoms. The number of ketones is 1. The lowest BCUT2D eigenvalue weighted by atomic mass is 9.77. The van der Waals surface area contributed by atoms with Crippen LogP contribution in [-0.4, -0.2) is 47.7 Å². The maximum Gasteiger partial charge on any atom is 0.290 e. The Kier molecular flexibility index (Phi) is 6.13. The van der Waals surface area contributed by atoms with Gasteiger partial charge in [0.15, 0.2) is 23.0 Å². The molecule has 2 aromatic rings. The minimum Gasteiger partial charge on any atom is -0.504 e. The molecule has 1 saturated carbocycles. The van der Waals surface area contributed by atoms with Gasteiger partial charge in [0.05, 0.1) is 31.2 Å². The monoisotopic (exact) mass is 481 g/mol. The van der Waals surface area contributed by atoms with E-state index in [0.29, 0.717) is 30.8 Å². The molecular weight excluding hydrogens is 453 g/mol. The smallest absolute Gasteiger partial charge is 0.290 e. The number of carbonyl (C=O) groups is 2. The third kappa shape index (κ3) is 4.11. The maximum atomic E-state index is 14.2. The first-order chi connectivity index (χ1) is 16.9. The van der Waals surface area contributed by atoms with Crippen LogP contribution in [0.4, 0.5) is 4.39 Å². The molecule has 184 valence electrons. The first-order valence-corrected chi connectivity index (χ1v) is 11.9. The molecule has 8 heteroatoms. The second kappa shape index (κ2) is 9.24. The van der Waals surface area contributed by atoms with Crippen molar-refractivity contribution in [2.45, 2.75) is 51.0 Å². The summed E-state index contributed by atoms with van der Waals surface area (Å²) >= 11 is 0. The van der Waals surface area contributed by atoms with Gasteiger partial charge in [-0.15, -0.1) is 0 Å². The van der Waals surface area contributed by atoms with Crippen LogP contribution in [-0.2, 0) is 20.9 Å². The number of halogens is 1. The van der Waals surface area contributed by atoms with Gasteiger partial charge in [-0.25, -0.2) is 4.39 Å². The van der Waals surface area contributed by atoms with E-state index in [1.165, 1.54) is 6.07 Å². The molecule has 0 aromatic heterocycles. The van der Waals surface area contributed by atoms with E-state index in [4.69, 9.17) is 14.2 Å². The number of aromatic hydroxyl groups is 1. The van der Waals surface area contributed by atoms with Crippen molar-refractivity contribution in [3.05, 3.63) is 64.9 Å². The molecule has 0 saturated heterocycles. The van der Waals surface area contributed by atoms with E-state index >= 15 is 0 Å². The minimum absolute atomic E-state index is 0.0327. The van der Waals surface area contributed by atoms with Crippen molar-refractivity contribution in [3.63, 3.8) is 0 Å². The highest BCUT2D eigenvalue weighted by molar-refractivity contribution is 6.11. The Labute approximate surface area is 203 Å². The summed E-state index contributed by atoms with van der Waals surface area (Å²) in [6.45, 7) is 2.37. The fraction of sp³-hybridized carbons (Fsp3) is 0.407. The second-order valence-corrected chi connectivity index (χ2v) is 9.12. The fourth-order valence-corrected chi connectivity index (χ4v) is 5.27. The molecule has 0 bridgehead atoms. The molecule has 0 radical (unpaired) electrons. The summed E-state index contributed by atoms with van der Waals surface area (Å²) in [6, 6.07) is 11.4. The molecule has 4 unspecified atom stereocenters. The Morgan fingerprint density at radius 3 is 2.63 bits per heavy atom. The number of rotatable bonds is 6. The van der Waals surface area contributed by atoms with Crippen molar-refractivity contribution < 1.29 is 33.3 Å². The number of nitrogens with zero attached hydrogens (tertiary/aromatic N) is 1. The quantitative estimate of drug-likeness (QED) is 0.664. The number of methoxy groups -OCH3 is 1. The molecule has 1 N–H and O–H groups in total. The van der Waals surface area contributed by atoms with Crippen molar-refractivity contribution in [2.24, 2.45) is 5.92 Å². The van der Waals surface area contributed by atoms with Crippen LogP contribution >= 0.6 is 0 Å². The first kappa shape index (κ1) is 23.2. The van der Waals surface area contributed by atoms with E-state index in [2.05, 4.69) is 0 Å². The Morgan fingerprint density at radius 2 is 1.91 bits per heavy atom. The van der Waals surface area contributed by atoms with Crippen LogP contribution < -0.4 is 9.47 Å². The normalized spacial score (nSPS) is 25.7. The lowest BCUT2D eigenvalue weighted by Gasteiger charge is -2.36. The van der Waals surface area contributed by atoms with Crippen molar-refractivity contribution in [3.8, 4) is 17.2 Å². The topological polar surface area (TPSA) is 85.3 Å². The molecule has 2 heterocycles. The van der Waals surface area contributed by atoms with Gasteiger partial charge < -0.3 is 24.2 Å². The van der Waals surface area contributed by atoms with Crippen LogP contribution in [0.1, 0.15) is 43.4 Å². The van der Waals surface area contributed by atoms with Gasteiger partial charge in [-0.05, 0) is 61.6 Å². The summed E-state index contributed by atoms with van der Waals surface area (Å²) in [5.41, 5.74) is 1.72. The summed E-state index contributed by atoms with van der Waals surface area (Å²) in [7, 11) is 1.58. The summed E-state index contributed by atoms with van der Waals surface area (Å²) in [4.78, 5) is 28.9. The van der Waals surface area contributed by atoms with Crippen molar-refractivity contribution in [1.82, 2.24) is 4.90 Å². The Hall–Kier alpha value is -3.55. The van der Waals surface area contributed by atoms with Crippen molar-refractivity contribution in [1.29, 1.82) is 0 Å². The predicted molar refractivity (Wildman–Crippen MR) is 125 cm³/mol. The Morgan fingerprint density at radius 1 is 1.14 bits per heavy atom. The SMILES string of the molecule is CCOc1cc(C2C3=C(OC4CCC(F)CC4C3=O)C(=O)N2Cc2ccc(OC)cc2)ccc1O. The van der Waals surface area contributed by atoms with Gasteiger partial charge in [0, 0.05) is 6.54 Å². The zero-order valence-corrected chi connectivity index (χ0v) is 19.7. The molecule has 1 amide bonds. The van der Waals surface area contributed by atoms with Gasteiger partial charge in [0.25, 0.3) is 5.91 Å². The summed E-state index contributed by atoms with van der Waals surface area (Å²) in [5.74, 6) is -0.246. The number of benzene rings is 2. The highest BCUT2D eigenvalue weighted by Crippen LogP contribution is 2.48. The third-order valence-electron chi connectivity index (χ3n) is 6.99. The number of hydrogen-bond acceptors (Lipinski definition) is 6. The minimum atomic E-state index is -1.06. The molecule has 7 nitrogen and oxygen atoms in total. The predicted octanol–water partition coefficient (Wildman–Crippen LogP) is 4.24. The number of alkyl halides is 1. The molecule has 1 fully saturated rings. The molecule has 1 aliphatic carbocycles. The zero-order chi connectivity index (χ0) is 24.7. The molecule has 2 aliphatic heterocycles. The second-order valence-electron chi connectivity index (χ2n) is 9.12. The fourth-order valence-electron chi connectivity index (χ4n) is 5.27. The van der Waals surface area contributed by atoms with Crippen molar-refractivity contribution in [2.75, 3.05) is 13.7 Å². The highest BCUT2D eigenvalue weighted by Gasteiger charge is 2.53. The standard InChI is InChI=1S/C27H28FNO6/c1-3-34-22-12-16(6-10-20(22)30)24-23-25(31)19-13-17(28)7-11-21(19)35-26(23)27(32)29(24)14-15-4-8-18(33-2)9-5-15/h4-6,8-10,12,17,19,21,24,30H,3,7,11,13-14H2,1-2H3. The largest absolute Gasteiger partial charge is 0.504 e. The number of phenols is 1. The van der Waals surface area contributed by atoms with Crippen LogP contribution in [0.3, 0.4) is 0 Å². The third-order valence-corrected chi connectivity index (χ3v) is 6.99. The molecule has 5 rings (SSSR count). The Bertz CT molecular complexity index is 1180. The van der Waals surface area contributed by atoms with E-state index < -0.39 is 24.2 Å². The van der Waals surface area contributed by atoms with Gasteiger partial charge in [0.2, 0.25) is 0 Å².